The molecular formula is C27H29N5O3. The van der Waals surface area contributed by atoms with Gasteiger partial charge in [0.25, 0.3) is 0 Å². The van der Waals surface area contributed by atoms with E-state index in [-0.39, 0.29) is 17.5 Å². The fourth-order valence-corrected chi connectivity index (χ4v) is 5.00. The van der Waals surface area contributed by atoms with Crippen LogP contribution in [0.2, 0.25) is 0 Å². The van der Waals surface area contributed by atoms with Crippen LogP contribution >= 0.6 is 0 Å². The van der Waals surface area contributed by atoms with Gasteiger partial charge in [-0.05, 0) is 43.5 Å². The van der Waals surface area contributed by atoms with Crippen LogP contribution in [0.4, 0.5) is 5.82 Å². The number of aromatic nitrogens is 2. The summed E-state index contributed by atoms with van der Waals surface area (Å²) >= 11 is 0. The first-order valence-electron chi connectivity index (χ1n) is 12.1. The predicted molar refractivity (Wildman–Crippen MR) is 134 cm³/mol. The van der Waals surface area contributed by atoms with Crippen molar-refractivity contribution < 1.29 is 9.53 Å². The summed E-state index contributed by atoms with van der Waals surface area (Å²) in [6.07, 6.45) is 2.52. The van der Waals surface area contributed by atoms with Gasteiger partial charge in [-0.25, -0.2) is 4.98 Å². The molecule has 1 atom stereocenters. The largest absolute Gasteiger partial charge is 0.384 e. The number of ether oxygens (including phenoxy) is 1. The molecule has 8 heteroatoms. The third-order valence-electron chi connectivity index (χ3n) is 6.94. The Bertz CT molecular complexity index is 1370. The number of carbonyl (C=O) groups excluding carboxylic acids is 1. The van der Waals surface area contributed by atoms with Crippen molar-refractivity contribution in [3.63, 3.8) is 0 Å². The Kier molecular flexibility index (Phi) is 6.27. The highest BCUT2D eigenvalue weighted by atomic mass is 16.5. The van der Waals surface area contributed by atoms with Crippen molar-refractivity contribution in [1.29, 1.82) is 5.26 Å². The quantitative estimate of drug-likeness (QED) is 0.591. The fraction of sp³-hybridized carbons (Fsp3) is 0.407. The summed E-state index contributed by atoms with van der Waals surface area (Å²) in [5.41, 5.74) is 4.07. The zero-order chi connectivity index (χ0) is 24.5. The minimum absolute atomic E-state index is 0.0143. The Morgan fingerprint density at radius 2 is 2.06 bits per heavy atom. The van der Waals surface area contributed by atoms with E-state index in [2.05, 4.69) is 16.0 Å². The van der Waals surface area contributed by atoms with Gasteiger partial charge < -0.3 is 19.5 Å². The molecule has 1 N–H and O–H groups in total. The van der Waals surface area contributed by atoms with E-state index in [9.17, 15) is 14.9 Å². The van der Waals surface area contributed by atoms with Gasteiger partial charge in [0.15, 0.2) is 0 Å². The number of piperazine rings is 1. The van der Waals surface area contributed by atoms with E-state index in [0.29, 0.717) is 50.0 Å². The molecule has 2 aliphatic rings. The van der Waals surface area contributed by atoms with Crippen LogP contribution < -0.4 is 10.5 Å². The number of nitriles is 1. The molecule has 0 unspecified atom stereocenters. The van der Waals surface area contributed by atoms with Crippen molar-refractivity contribution in [3.8, 4) is 17.2 Å². The number of H-pyrrole nitrogens is 1. The number of hydrogen-bond acceptors (Lipinski definition) is 6. The molecule has 3 aromatic rings. The van der Waals surface area contributed by atoms with E-state index in [1.54, 1.807) is 7.11 Å². The number of methoxy groups -OCH3 is 1. The van der Waals surface area contributed by atoms with E-state index in [0.717, 1.165) is 40.6 Å². The van der Waals surface area contributed by atoms with E-state index in [1.807, 2.05) is 42.2 Å². The van der Waals surface area contributed by atoms with Gasteiger partial charge in [0, 0.05) is 61.2 Å². The molecule has 8 nitrogen and oxygen atoms in total. The first-order valence-corrected chi connectivity index (χ1v) is 12.1. The van der Waals surface area contributed by atoms with E-state index in [1.165, 1.54) is 6.07 Å². The number of amides is 1. The van der Waals surface area contributed by atoms with Gasteiger partial charge in [0.1, 0.15) is 11.9 Å². The van der Waals surface area contributed by atoms with Crippen molar-refractivity contribution in [1.82, 2.24) is 14.9 Å². The van der Waals surface area contributed by atoms with Crippen LogP contribution in [0.25, 0.3) is 22.0 Å². The molecule has 2 aromatic heterocycles. The van der Waals surface area contributed by atoms with Crippen LogP contribution in [0.5, 0.6) is 0 Å². The predicted octanol–water partition coefficient (Wildman–Crippen LogP) is 3.41. The van der Waals surface area contributed by atoms with Crippen molar-refractivity contribution in [2.24, 2.45) is 0 Å². The zero-order valence-corrected chi connectivity index (χ0v) is 20.1. The Morgan fingerprint density at radius 1 is 1.23 bits per heavy atom. The first-order chi connectivity index (χ1) is 17.0. The fourth-order valence-electron chi connectivity index (χ4n) is 5.00. The van der Waals surface area contributed by atoms with E-state index >= 15 is 0 Å². The Hall–Kier alpha value is -3.70. The Labute approximate surface area is 204 Å². The van der Waals surface area contributed by atoms with Crippen LogP contribution in [-0.4, -0.2) is 60.2 Å². The summed E-state index contributed by atoms with van der Waals surface area (Å²) in [5.74, 6) is 1.15. The van der Waals surface area contributed by atoms with Crippen LogP contribution in [-0.2, 0) is 9.53 Å². The average molecular weight is 472 g/mol. The molecule has 1 aromatic carbocycles. The lowest BCUT2D eigenvalue weighted by molar-refractivity contribution is -0.134. The number of benzene rings is 1. The number of aromatic amines is 1. The molecule has 2 fully saturated rings. The highest BCUT2D eigenvalue weighted by Crippen LogP contribution is 2.46. The Balaban J connectivity index is 1.52. The maximum Gasteiger partial charge on any atom is 0.248 e. The lowest BCUT2D eigenvalue weighted by Gasteiger charge is -2.41. The van der Waals surface area contributed by atoms with Crippen molar-refractivity contribution in [3.05, 3.63) is 58.0 Å². The molecule has 0 bridgehead atoms. The molecule has 1 saturated carbocycles. The van der Waals surface area contributed by atoms with Crippen LogP contribution in [0.15, 0.2) is 41.2 Å². The molecular weight excluding hydrogens is 442 g/mol. The highest BCUT2D eigenvalue weighted by molar-refractivity contribution is 5.95. The second-order valence-electron chi connectivity index (χ2n) is 9.39. The molecule has 1 aliphatic heterocycles. The minimum atomic E-state index is -0.141. The zero-order valence-electron chi connectivity index (χ0n) is 20.1. The van der Waals surface area contributed by atoms with Crippen molar-refractivity contribution in [2.45, 2.75) is 38.1 Å². The first kappa shape index (κ1) is 23.1. The van der Waals surface area contributed by atoms with Gasteiger partial charge in [0.2, 0.25) is 11.5 Å². The normalized spacial score (nSPS) is 18.0. The van der Waals surface area contributed by atoms with Crippen LogP contribution in [0.1, 0.15) is 43.4 Å². The Morgan fingerprint density at radius 3 is 2.77 bits per heavy atom. The molecule has 1 aliphatic carbocycles. The number of nitrogens with zero attached hydrogens (tertiary/aromatic N) is 4. The van der Waals surface area contributed by atoms with Gasteiger partial charge >= 0.3 is 0 Å². The monoisotopic (exact) mass is 471 g/mol. The molecule has 1 saturated heterocycles. The van der Waals surface area contributed by atoms with Gasteiger partial charge in [0.05, 0.1) is 24.3 Å². The standard InChI is InChI=1S/C27H29N5O3/c1-17-16-31(11-12-32(17)25(34)10-13-35-2)27-19(15-28)14-22(26(30-27)18-6-7-18)20-4-3-5-23-21(20)8-9-24(33)29-23/h3-5,8-9,14,17-18H,6-7,10-13,16H2,1-2H3,(H,29,33)/t17-/m1/s1. The summed E-state index contributed by atoms with van der Waals surface area (Å²) in [4.78, 5) is 36.4. The van der Waals surface area contributed by atoms with E-state index in [4.69, 9.17) is 9.72 Å². The van der Waals surface area contributed by atoms with Gasteiger partial charge in [-0.1, -0.05) is 12.1 Å². The number of anilines is 1. The van der Waals surface area contributed by atoms with Crippen LogP contribution in [0.3, 0.4) is 0 Å². The molecule has 0 radical (unpaired) electrons. The highest BCUT2D eigenvalue weighted by Gasteiger charge is 2.33. The van der Waals surface area contributed by atoms with Crippen molar-refractivity contribution >= 4 is 22.6 Å². The third kappa shape index (κ3) is 4.52. The van der Waals surface area contributed by atoms with Gasteiger partial charge in [-0.2, -0.15) is 5.26 Å². The summed E-state index contributed by atoms with van der Waals surface area (Å²) < 4.78 is 5.06. The smallest absolute Gasteiger partial charge is 0.248 e. The number of hydrogen-bond donors (Lipinski definition) is 1. The average Bonchev–Trinajstić information content (AvgIpc) is 3.71. The third-order valence-corrected chi connectivity index (χ3v) is 6.94. The molecule has 3 heterocycles. The molecule has 1 amide bonds. The number of nitrogens with one attached hydrogen (secondary N) is 1. The topological polar surface area (TPSA) is 102 Å². The molecule has 35 heavy (non-hydrogen) atoms. The summed E-state index contributed by atoms with van der Waals surface area (Å²) in [7, 11) is 1.60. The van der Waals surface area contributed by atoms with Crippen molar-refractivity contribution in [2.75, 3.05) is 38.3 Å². The summed E-state index contributed by atoms with van der Waals surface area (Å²) in [6, 6.07) is 13.5. The lowest BCUT2D eigenvalue weighted by atomic mass is 9.95. The maximum atomic E-state index is 12.6. The number of pyridine rings is 2. The second-order valence-corrected chi connectivity index (χ2v) is 9.39. The number of carbonyl (C=O) groups is 1. The van der Waals surface area contributed by atoms with Crippen LogP contribution in [0, 0.1) is 11.3 Å². The van der Waals surface area contributed by atoms with E-state index < -0.39 is 0 Å². The molecule has 180 valence electrons. The number of rotatable bonds is 6. The minimum Gasteiger partial charge on any atom is -0.384 e. The molecule has 5 rings (SSSR count). The van der Waals surface area contributed by atoms with Gasteiger partial charge in [-0.15, -0.1) is 0 Å². The van der Waals surface area contributed by atoms with Gasteiger partial charge in [-0.3, -0.25) is 9.59 Å². The summed E-state index contributed by atoms with van der Waals surface area (Å²) in [6.45, 7) is 4.30. The second kappa shape index (κ2) is 9.51. The molecule has 0 spiro atoms. The lowest BCUT2D eigenvalue weighted by Crippen LogP contribution is -2.54. The summed E-state index contributed by atoms with van der Waals surface area (Å²) in [5, 5.41) is 11.0. The maximum absolute atomic E-state index is 12.6. The number of fused-ring (bicyclic) bond motifs is 1. The SMILES string of the molecule is COCCC(=O)N1CCN(c2nc(C3CC3)c(-c3cccc4[nH]c(=O)ccc34)cc2C#N)C[C@H]1C.